The molecule has 2 aliphatic heterocycles. The average molecular weight is 418 g/mol. The van der Waals surface area contributed by atoms with Crippen molar-refractivity contribution < 1.29 is 5.11 Å². The van der Waals surface area contributed by atoms with E-state index in [1.54, 1.807) is 6.08 Å². The number of anilines is 3. The average Bonchev–Trinajstić information content (AvgIpc) is 3.12. The van der Waals surface area contributed by atoms with Crippen LogP contribution in [0.3, 0.4) is 0 Å². The largest absolute Gasteiger partial charge is 0.373 e. The number of hydrogen-bond donors (Lipinski definition) is 5. The Bertz CT molecular complexity index is 1070. The van der Waals surface area contributed by atoms with Crippen LogP contribution in [0.2, 0.25) is 0 Å². The van der Waals surface area contributed by atoms with E-state index in [4.69, 9.17) is 4.99 Å². The molecular formula is C23H27N7O. The monoisotopic (exact) mass is 417 g/mol. The number of guanidine groups is 1. The summed E-state index contributed by atoms with van der Waals surface area (Å²) in [6.07, 6.45) is 1.33. The number of rotatable bonds is 6. The molecule has 0 spiro atoms. The van der Waals surface area contributed by atoms with Crippen LogP contribution in [0.4, 0.5) is 22.7 Å². The first-order chi connectivity index (χ1) is 14.9. The van der Waals surface area contributed by atoms with Crippen LogP contribution in [-0.2, 0) is 6.42 Å². The van der Waals surface area contributed by atoms with Gasteiger partial charge in [-0.2, -0.15) is 0 Å². The molecule has 4 rings (SSSR count). The molecule has 2 unspecified atom stereocenters. The molecule has 2 atom stereocenters. The summed E-state index contributed by atoms with van der Waals surface area (Å²) >= 11 is 0. The van der Waals surface area contributed by atoms with Crippen molar-refractivity contribution in [2.45, 2.75) is 32.8 Å². The molecule has 8 nitrogen and oxygen atoms in total. The van der Waals surface area contributed by atoms with Gasteiger partial charge in [0, 0.05) is 35.0 Å². The van der Waals surface area contributed by atoms with Crippen LogP contribution >= 0.6 is 0 Å². The highest BCUT2D eigenvalue weighted by molar-refractivity contribution is 6.08. The summed E-state index contributed by atoms with van der Waals surface area (Å²) in [5.41, 5.74) is 5.41. The maximum atomic E-state index is 9.80. The normalized spacial score (nSPS) is 19.5. The van der Waals surface area contributed by atoms with Crippen LogP contribution in [0.15, 0.2) is 58.0 Å². The lowest BCUT2D eigenvalue weighted by atomic mass is 10.1. The fourth-order valence-electron chi connectivity index (χ4n) is 3.53. The van der Waals surface area contributed by atoms with Crippen LogP contribution in [0.1, 0.15) is 25.0 Å². The molecule has 0 saturated carbocycles. The predicted molar refractivity (Wildman–Crippen MR) is 129 cm³/mol. The highest BCUT2D eigenvalue weighted by Crippen LogP contribution is 2.29. The van der Waals surface area contributed by atoms with E-state index in [1.165, 1.54) is 0 Å². The van der Waals surface area contributed by atoms with E-state index in [9.17, 15) is 5.11 Å². The van der Waals surface area contributed by atoms with Gasteiger partial charge in [-0.05, 0) is 42.6 Å². The molecule has 0 bridgehead atoms. The van der Waals surface area contributed by atoms with Crippen molar-refractivity contribution in [3.05, 3.63) is 54.1 Å². The van der Waals surface area contributed by atoms with Gasteiger partial charge in [-0.3, -0.25) is 4.99 Å². The Morgan fingerprint density at radius 3 is 2.74 bits per heavy atom. The van der Waals surface area contributed by atoms with Gasteiger partial charge in [-0.1, -0.05) is 32.6 Å². The number of aliphatic imine (C=N–C) groups is 3. The van der Waals surface area contributed by atoms with E-state index in [-0.39, 0.29) is 5.92 Å². The number of benzene rings is 2. The van der Waals surface area contributed by atoms with Gasteiger partial charge in [-0.25, -0.2) is 9.98 Å². The number of hydrogen-bond acceptors (Lipinski definition) is 8. The number of fused-ring (bicyclic) bond motifs is 1. The lowest BCUT2D eigenvalue weighted by Crippen LogP contribution is -2.44. The quantitative estimate of drug-likeness (QED) is 0.460. The topological polar surface area (TPSA) is 105 Å². The molecule has 2 heterocycles. The molecule has 2 aliphatic rings. The summed E-state index contributed by atoms with van der Waals surface area (Å²) in [5, 5.41) is 22.8. The van der Waals surface area contributed by atoms with E-state index in [2.05, 4.69) is 58.4 Å². The molecule has 2 aromatic rings. The molecule has 0 radical (unpaired) electrons. The van der Waals surface area contributed by atoms with Gasteiger partial charge in [0.2, 0.25) is 12.2 Å². The second-order valence-electron chi connectivity index (χ2n) is 7.79. The highest BCUT2D eigenvalue weighted by atomic mass is 16.3. The minimum Gasteiger partial charge on any atom is -0.373 e. The third-order valence-corrected chi connectivity index (χ3v) is 5.13. The minimum absolute atomic E-state index is 0.199. The maximum absolute atomic E-state index is 9.80. The zero-order valence-corrected chi connectivity index (χ0v) is 17.7. The van der Waals surface area contributed by atoms with Crippen molar-refractivity contribution >= 4 is 47.3 Å². The molecular weight excluding hydrogens is 390 g/mol. The fourth-order valence-corrected chi connectivity index (χ4v) is 3.53. The second kappa shape index (κ2) is 8.61. The van der Waals surface area contributed by atoms with Crippen molar-refractivity contribution in [1.82, 2.24) is 5.32 Å². The third kappa shape index (κ3) is 4.59. The molecule has 160 valence electrons. The van der Waals surface area contributed by atoms with Gasteiger partial charge >= 0.3 is 0 Å². The number of nitrogens with zero attached hydrogens (tertiary/aromatic N) is 3. The minimum atomic E-state index is -0.536. The Morgan fingerprint density at radius 2 is 2.00 bits per heavy atom. The molecule has 0 saturated heterocycles. The summed E-state index contributed by atoms with van der Waals surface area (Å²) in [5.74, 6) is 1.63. The molecule has 8 heteroatoms. The molecule has 2 aromatic carbocycles. The zero-order valence-electron chi connectivity index (χ0n) is 17.7. The molecule has 0 fully saturated rings. The number of nitrogens with one attached hydrogen (secondary N) is 4. The predicted octanol–water partition coefficient (Wildman–Crippen LogP) is 3.77. The zero-order chi connectivity index (χ0) is 22.0. The Balaban J connectivity index is 1.55. The van der Waals surface area contributed by atoms with Crippen LogP contribution in [0, 0.1) is 5.92 Å². The Kier molecular flexibility index (Phi) is 5.73. The van der Waals surface area contributed by atoms with Crippen LogP contribution in [0.5, 0.6) is 0 Å². The molecule has 0 aromatic heterocycles. The van der Waals surface area contributed by atoms with E-state index < -0.39 is 12.5 Å². The van der Waals surface area contributed by atoms with Gasteiger partial charge in [0.1, 0.15) is 12.1 Å². The van der Waals surface area contributed by atoms with Crippen LogP contribution in [0.25, 0.3) is 6.08 Å². The van der Waals surface area contributed by atoms with E-state index in [0.717, 1.165) is 39.7 Å². The van der Waals surface area contributed by atoms with Gasteiger partial charge in [0.15, 0.2) is 0 Å². The molecule has 31 heavy (non-hydrogen) atoms. The molecule has 5 N–H and O–H groups in total. The first-order valence-corrected chi connectivity index (χ1v) is 10.2. The first-order valence-electron chi connectivity index (χ1n) is 10.2. The summed E-state index contributed by atoms with van der Waals surface area (Å²) < 4.78 is 0. The van der Waals surface area contributed by atoms with E-state index in [0.29, 0.717) is 12.4 Å². The number of amidine groups is 1. The lowest BCUT2D eigenvalue weighted by Gasteiger charge is -2.25. The SMILES string of the molecule is C=Cc1cc(NC2=NC(Nc3ccc4c(c3)NC(O)C4)N=C(C(C)C)N2)ccc1N=C. The van der Waals surface area contributed by atoms with Crippen molar-refractivity contribution in [3.63, 3.8) is 0 Å². The molecule has 0 aliphatic carbocycles. The lowest BCUT2D eigenvalue weighted by molar-refractivity contribution is 0.212. The number of aliphatic hydroxyl groups is 1. The van der Waals surface area contributed by atoms with Gasteiger partial charge in [-0.15, -0.1) is 0 Å². The van der Waals surface area contributed by atoms with Crippen molar-refractivity contribution in [2.24, 2.45) is 20.9 Å². The van der Waals surface area contributed by atoms with Gasteiger partial charge < -0.3 is 26.4 Å². The smallest absolute Gasteiger partial charge is 0.219 e. The number of aliphatic hydroxyl groups excluding tert-OH is 1. The van der Waals surface area contributed by atoms with Crippen LogP contribution in [-0.4, -0.2) is 36.1 Å². The summed E-state index contributed by atoms with van der Waals surface area (Å²) in [6.45, 7) is 11.6. The Hall–Kier alpha value is -3.65. The van der Waals surface area contributed by atoms with E-state index >= 15 is 0 Å². The molecule has 0 amide bonds. The fraction of sp³-hybridized carbons (Fsp3) is 0.261. The van der Waals surface area contributed by atoms with Crippen molar-refractivity contribution in [1.29, 1.82) is 0 Å². The summed E-state index contributed by atoms with van der Waals surface area (Å²) in [6, 6.07) is 11.7. The first kappa shape index (κ1) is 20.6. The van der Waals surface area contributed by atoms with Gasteiger partial charge in [0.25, 0.3) is 0 Å². The van der Waals surface area contributed by atoms with Crippen LogP contribution < -0.4 is 21.3 Å². The summed E-state index contributed by atoms with van der Waals surface area (Å²) in [4.78, 5) is 13.4. The second-order valence-corrected chi connectivity index (χ2v) is 7.79. The van der Waals surface area contributed by atoms with Crippen molar-refractivity contribution in [3.8, 4) is 0 Å². The Labute approximate surface area is 181 Å². The van der Waals surface area contributed by atoms with E-state index in [1.807, 2.05) is 36.4 Å². The van der Waals surface area contributed by atoms with Crippen molar-refractivity contribution in [2.75, 3.05) is 16.0 Å². The standard InChI is InChI=1S/C23H27N7O/c1-5-14-10-16(8-9-18(14)24-4)25-22-28-21(13(2)3)29-23(30-22)26-17-7-6-15-11-20(31)27-19(15)12-17/h5-10,12-13,20,23,26-27,31H,1,4,11H2,2-3H3,(H2,25,28,29,30). The Morgan fingerprint density at radius 1 is 1.19 bits per heavy atom. The highest BCUT2D eigenvalue weighted by Gasteiger charge is 2.21. The maximum Gasteiger partial charge on any atom is 0.219 e. The summed E-state index contributed by atoms with van der Waals surface area (Å²) in [7, 11) is 0. The third-order valence-electron chi connectivity index (χ3n) is 5.13. The van der Waals surface area contributed by atoms with Gasteiger partial charge in [0.05, 0.1) is 5.69 Å².